The lowest BCUT2D eigenvalue weighted by molar-refractivity contribution is -0.128. The summed E-state index contributed by atoms with van der Waals surface area (Å²) in [6.07, 6.45) is 13.7. The van der Waals surface area contributed by atoms with Gasteiger partial charge in [0, 0.05) is 37.8 Å². The van der Waals surface area contributed by atoms with Crippen molar-refractivity contribution in [1.29, 1.82) is 0 Å². The molecule has 5 fully saturated rings. The molecule has 4 aliphatic carbocycles. The molecule has 0 aromatic rings. The van der Waals surface area contributed by atoms with Gasteiger partial charge in [0.15, 0.2) is 0 Å². The molecule has 8 atom stereocenters. The SMILES string of the molecule is CC(C)C1CCC2C3CCC4CCC(N5CCN(C(C)(C)C)CC5)CC4(C)C3CCC12C. The fraction of sp³-hybridized carbons (Fsp3) is 1.00. The van der Waals surface area contributed by atoms with E-state index < -0.39 is 0 Å². The largest absolute Gasteiger partial charge is 0.298 e. The fourth-order valence-electron chi connectivity index (χ4n) is 10.5. The van der Waals surface area contributed by atoms with Gasteiger partial charge in [-0.25, -0.2) is 0 Å². The Labute approximate surface area is 200 Å². The summed E-state index contributed by atoms with van der Waals surface area (Å²) in [4.78, 5) is 5.63. The molecule has 0 aromatic carbocycles. The normalized spacial score (nSPS) is 48.4. The summed E-state index contributed by atoms with van der Waals surface area (Å²) in [6.45, 7) is 22.8. The highest BCUT2D eigenvalue weighted by Gasteiger charge is 2.60. The Kier molecular flexibility index (Phi) is 6.10. The van der Waals surface area contributed by atoms with Gasteiger partial charge in [0.25, 0.3) is 0 Å². The number of rotatable bonds is 2. The van der Waals surface area contributed by atoms with Gasteiger partial charge in [0.1, 0.15) is 0 Å². The molecule has 2 nitrogen and oxygen atoms in total. The maximum absolute atomic E-state index is 2.92. The first kappa shape index (κ1) is 23.7. The highest BCUT2D eigenvalue weighted by molar-refractivity contribution is 5.10. The average molecular weight is 443 g/mol. The van der Waals surface area contributed by atoms with Crippen LogP contribution in [0.1, 0.15) is 106 Å². The van der Waals surface area contributed by atoms with E-state index in [-0.39, 0.29) is 0 Å². The van der Waals surface area contributed by atoms with Crippen molar-refractivity contribution in [2.24, 2.45) is 46.3 Å². The standard InChI is InChI=1S/C30H54N2/c1-21(2)25-12-13-26-24-11-9-22-8-10-23(31-16-18-32(19-17-31)28(3,4)5)20-30(22,7)27(24)14-15-29(25,26)6/h21-27H,8-20H2,1-7H3. The van der Waals surface area contributed by atoms with Crippen molar-refractivity contribution < 1.29 is 0 Å². The molecular weight excluding hydrogens is 388 g/mol. The molecule has 8 unspecified atom stereocenters. The second-order valence-corrected chi connectivity index (χ2v) is 14.8. The van der Waals surface area contributed by atoms with Gasteiger partial charge in [-0.05, 0) is 125 Å². The van der Waals surface area contributed by atoms with E-state index in [1.807, 2.05) is 0 Å². The van der Waals surface area contributed by atoms with Crippen LogP contribution in [-0.2, 0) is 0 Å². The predicted octanol–water partition coefficient (Wildman–Crippen LogP) is 7.09. The van der Waals surface area contributed by atoms with E-state index >= 15 is 0 Å². The van der Waals surface area contributed by atoms with Gasteiger partial charge >= 0.3 is 0 Å². The Hall–Kier alpha value is -0.0800. The maximum Gasteiger partial charge on any atom is 0.0126 e. The molecule has 0 radical (unpaired) electrons. The second kappa shape index (κ2) is 8.25. The van der Waals surface area contributed by atoms with Crippen molar-refractivity contribution in [3.05, 3.63) is 0 Å². The van der Waals surface area contributed by atoms with E-state index in [0.717, 1.165) is 41.5 Å². The molecule has 5 rings (SSSR count). The average Bonchev–Trinajstić information content (AvgIpc) is 3.10. The van der Waals surface area contributed by atoms with Gasteiger partial charge in [-0.3, -0.25) is 9.80 Å². The molecule has 4 saturated carbocycles. The van der Waals surface area contributed by atoms with Crippen LogP contribution in [0.2, 0.25) is 0 Å². The quantitative estimate of drug-likeness (QED) is 0.450. The van der Waals surface area contributed by atoms with E-state index in [9.17, 15) is 0 Å². The molecule has 5 aliphatic rings. The summed E-state index contributed by atoms with van der Waals surface area (Å²) < 4.78 is 0. The Bertz CT molecular complexity index is 671. The number of piperazine rings is 1. The monoisotopic (exact) mass is 442 g/mol. The van der Waals surface area contributed by atoms with Crippen molar-refractivity contribution in [3.63, 3.8) is 0 Å². The van der Waals surface area contributed by atoms with E-state index in [1.165, 1.54) is 58.3 Å². The van der Waals surface area contributed by atoms with Crippen molar-refractivity contribution in [3.8, 4) is 0 Å². The molecule has 184 valence electrons. The molecule has 0 aromatic heterocycles. The summed E-state index contributed by atoms with van der Waals surface area (Å²) in [5.74, 6) is 5.96. The van der Waals surface area contributed by atoms with Crippen LogP contribution < -0.4 is 0 Å². The van der Waals surface area contributed by atoms with Crippen LogP contribution in [0, 0.1) is 46.3 Å². The Morgan fingerprint density at radius 1 is 0.750 bits per heavy atom. The van der Waals surface area contributed by atoms with Crippen LogP contribution in [0.4, 0.5) is 0 Å². The zero-order valence-electron chi connectivity index (χ0n) is 22.6. The zero-order valence-corrected chi connectivity index (χ0v) is 22.6. The Morgan fingerprint density at radius 3 is 2.06 bits per heavy atom. The molecule has 1 saturated heterocycles. The lowest BCUT2D eigenvalue weighted by atomic mass is 9.44. The first-order chi connectivity index (χ1) is 15.0. The first-order valence-corrected chi connectivity index (χ1v) is 14.5. The van der Waals surface area contributed by atoms with E-state index in [4.69, 9.17) is 0 Å². The number of fused-ring (bicyclic) bond motifs is 5. The molecule has 1 aliphatic heterocycles. The lowest BCUT2D eigenvalue weighted by Crippen LogP contribution is -2.59. The van der Waals surface area contributed by atoms with Crippen LogP contribution in [0.15, 0.2) is 0 Å². The van der Waals surface area contributed by atoms with Crippen LogP contribution >= 0.6 is 0 Å². The highest BCUT2D eigenvalue weighted by atomic mass is 15.3. The third-order valence-corrected chi connectivity index (χ3v) is 12.2. The summed E-state index contributed by atoms with van der Waals surface area (Å²) in [5, 5.41) is 0. The third-order valence-electron chi connectivity index (χ3n) is 12.2. The van der Waals surface area contributed by atoms with Gasteiger partial charge in [-0.15, -0.1) is 0 Å². The smallest absolute Gasteiger partial charge is 0.0126 e. The maximum atomic E-state index is 2.92. The second-order valence-electron chi connectivity index (χ2n) is 14.8. The van der Waals surface area contributed by atoms with Gasteiger partial charge < -0.3 is 0 Å². The summed E-state index contributed by atoms with van der Waals surface area (Å²) in [6, 6.07) is 0.859. The highest BCUT2D eigenvalue weighted by Crippen LogP contribution is 2.68. The molecule has 0 spiro atoms. The van der Waals surface area contributed by atoms with Gasteiger partial charge in [-0.2, -0.15) is 0 Å². The summed E-state index contributed by atoms with van der Waals surface area (Å²) in [5.41, 5.74) is 1.59. The molecule has 0 amide bonds. The number of hydrogen-bond acceptors (Lipinski definition) is 2. The van der Waals surface area contributed by atoms with Crippen LogP contribution in [0.5, 0.6) is 0 Å². The van der Waals surface area contributed by atoms with Crippen molar-refractivity contribution in [2.75, 3.05) is 26.2 Å². The number of hydrogen-bond donors (Lipinski definition) is 0. The van der Waals surface area contributed by atoms with Crippen molar-refractivity contribution >= 4 is 0 Å². The fourth-order valence-corrected chi connectivity index (χ4v) is 10.5. The third kappa shape index (κ3) is 3.73. The van der Waals surface area contributed by atoms with E-state index in [0.29, 0.717) is 16.4 Å². The first-order valence-electron chi connectivity index (χ1n) is 14.5. The van der Waals surface area contributed by atoms with Crippen LogP contribution in [-0.4, -0.2) is 47.6 Å². The minimum atomic E-state index is 0.330. The molecule has 0 bridgehead atoms. The Morgan fingerprint density at radius 2 is 1.41 bits per heavy atom. The molecule has 0 N–H and O–H groups in total. The van der Waals surface area contributed by atoms with Gasteiger partial charge in [-0.1, -0.05) is 27.7 Å². The molecule has 1 heterocycles. The van der Waals surface area contributed by atoms with E-state index in [2.05, 4.69) is 58.3 Å². The molecule has 2 heteroatoms. The Balaban J connectivity index is 1.30. The van der Waals surface area contributed by atoms with Crippen molar-refractivity contribution in [1.82, 2.24) is 9.80 Å². The lowest BCUT2D eigenvalue weighted by Gasteiger charge is -2.62. The van der Waals surface area contributed by atoms with Gasteiger partial charge in [0.05, 0.1) is 0 Å². The summed E-state index contributed by atoms with van der Waals surface area (Å²) in [7, 11) is 0. The zero-order chi connectivity index (χ0) is 22.9. The van der Waals surface area contributed by atoms with Crippen molar-refractivity contribution in [2.45, 2.75) is 118 Å². The van der Waals surface area contributed by atoms with Crippen LogP contribution in [0.25, 0.3) is 0 Å². The summed E-state index contributed by atoms with van der Waals surface area (Å²) >= 11 is 0. The number of nitrogens with zero attached hydrogens (tertiary/aromatic N) is 2. The minimum Gasteiger partial charge on any atom is -0.298 e. The van der Waals surface area contributed by atoms with Gasteiger partial charge in [0.2, 0.25) is 0 Å². The topological polar surface area (TPSA) is 6.48 Å². The minimum absolute atomic E-state index is 0.330. The predicted molar refractivity (Wildman–Crippen MR) is 137 cm³/mol. The molecule has 32 heavy (non-hydrogen) atoms. The molecular formula is C30H54N2. The van der Waals surface area contributed by atoms with E-state index in [1.54, 1.807) is 25.7 Å². The van der Waals surface area contributed by atoms with Crippen LogP contribution in [0.3, 0.4) is 0 Å².